The van der Waals surface area contributed by atoms with Crippen molar-refractivity contribution in [1.82, 2.24) is 4.57 Å². The smallest absolute Gasteiger partial charge is 0.137 e. The van der Waals surface area contributed by atoms with Crippen LogP contribution in [-0.4, -0.2) is 4.57 Å². The van der Waals surface area contributed by atoms with Gasteiger partial charge in [0.15, 0.2) is 0 Å². The summed E-state index contributed by atoms with van der Waals surface area (Å²) in [7, 11) is 0. The van der Waals surface area contributed by atoms with E-state index in [1.165, 1.54) is 43.7 Å². The second-order valence-electron chi connectivity index (χ2n) is 12.6. The van der Waals surface area contributed by atoms with E-state index in [2.05, 4.69) is 179 Å². The fraction of sp³-hybridized carbons (Fsp3) is 0. The number of anilines is 3. The molecule has 0 fully saturated rings. The zero-order valence-corrected chi connectivity index (χ0v) is 26.6. The van der Waals surface area contributed by atoms with Crippen LogP contribution in [-0.2, 0) is 0 Å². The summed E-state index contributed by atoms with van der Waals surface area (Å²) in [4.78, 5) is 2.28. The van der Waals surface area contributed by atoms with E-state index in [-0.39, 0.29) is 0 Å². The van der Waals surface area contributed by atoms with Gasteiger partial charge in [0.1, 0.15) is 11.2 Å². The Kier molecular flexibility index (Phi) is 6.18. The lowest BCUT2D eigenvalue weighted by molar-refractivity contribution is 0.669. The molecule has 230 valence electrons. The maximum absolute atomic E-state index is 6.27. The van der Waals surface area contributed by atoms with Crippen LogP contribution in [0.1, 0.15) is 0 Å². The largest absolute Gasteiger partial charge is 0.456 e. The van der Waals surface area contributed by atoms with Crippen LogP contribution in [0.25, 0.3) is 71.3 Å². The zero-order valence-electron chi connectivity index (χ0n) is 26.6. The number of rotatable bonds is 5. The number of hydrogen-bond acceptors (Lipinski definition) is 2. The molecule has 10 rings (SSSR count). The third kappa shape index (κ3) is 4.44. The van der Waals surface area contributed by atoms with Crippen LogP contribution in [0.5, 0.6) is 0 Å². The number of para-hydroxylation sites is 3. The Hall–Kier alpha value is -6.58. The van der Waals surface area contributed by atoms with Crippen LogP contribution in [0.3, 0.4) is 0 Å². The van der Waals surface area contributed by atoms with E-state index in [0.29, 0.717) is 0 Å². The summed E-state index contributed by atoms with van der Waals surface area (Å²) in [6.07, 6.45) is 0. The van der Waals surface area contributed by atoms with Crippen molar-refractivity contribution in [3.8, 4) is 16.8 Å². The van der Waals surface area contributed by atoms with Crippen LogP contribution >= 0.6 is 0 Å². The maximum Gasteiger partial charge on any atom is 0.137 e. The van der Waals surface area contributed by atoms with Crippen molar-refractivity contribution in [3.05, 3.63) is 182 Å². The fourth-order valence-corrected chi connectivity index (χ4v) is 7.48. The van der Waals surface area contributed by atoms with Crippen molar-refractivity contribution in [2.24, 2.45) is 0 Å². The second kappa shape index (κ2) is 11.0. The molecule has 2 aromatic heterocycles. The summed E-state index contributed by atoms with van der Waals surface area (Å²) in [5.41, 5.74) is 11.0. The molecule has 0 radical (unpaired) electrons. The van der Waals surface area contributed by atoms with Crippen molar-refractivity contribution < 1.29 is 4.42 Å². The molecule has 0 aliphatic carbocycles. The lowest BCUT2D eigenvalue weighted by atomic mass is 10.0. The minimum Gasteiger partial charge on any atom is -0.456 e. The first-order chi connectivity index (χ1) is 24.3. The van der Waals surface area contributed by atoms with Crippen molar-refractivity contribution in [3.63, 3.8) is 0 Å². The highest BCUT2D eigenvalue weighted by molar-refractivity contribution is 6.18. The number of aromatic nitrogens is 1. The Labute approximate surface area is 283 Å². The summed E-state index contributed by atoms with van der Waals surface area (Å²) >= 11 is 0. The van der Waals surface area contributed by atoms with E-state index in [0.717, 1.165) is 44.7 Å². The molecule has 49 heavy (non-hydrogen) atoms. The van der Waals surface area contributed by atoms with Gasteiger partial charge in [-0.15, -0.1) is 0 Å². The molecule has 0 amide bonds. The molecule has 0 saturated heterocycles. The van der Waals surface area contributed by atoms with Crippen LogP contribution in [0.15, 0.2) is 186 Å². The quantitative estimate of drug-likeness (QED) is 0.190. The highest BCUT2D eigenvalue weighted by atomic mass is 16.3. The minimum atomic E-state index is 0.882. The summed E-state index contributed by atoms with van der Waals surface area (Å²) in [5.74, 6) is 0. The van der Waals surface area contributed by atoms with Crippen molar-refractivity contribution >= 4 is 71.6 Å². The average Bonchev–Trinajstić information content (AvgIpc) is 3.72. The standard InChI is InChI=1S/C46H30N2O/c1-2-11-34(12-3-1)47(37-27-29-41-40-15-7-9-17-44(40)49-45(41)30-37)35-23-18-31(19-24-35)32-20-25-36(26-21-32)48-43-16-8-6-14-39(43)42-28-22-33-10-4-5-13-38(33)46(42)48/h1-30H. The van der Waals surface area contributed by atoms with Crippen LogP contribution in [0.2, 0.25) is 0 Å². The van der Waals surface area contributed by atoms with Gasteiger partial charge in [-0.3, -0.25) is 0 Å². The summed E-state index contributed by atoms with van der Waals surface area (Å²) in [5, 5.41) is 7.32. The fourth-order valence-electron chi connectivity index (χ4n) is 7.48. The molecular formula is C46H30N2O. The first-order valence-corrected chi connectivity index (χ1v) is 16.7. The Morgan fingerprint density at radius 2 is 0.980 bits per heavy atom. The maximum atomic E-state index is 6.27. The van der Waals surface area contributed by atoms with E-state index < -0.39 is 0 Å². The number of nitrogens with zero attached hydrogens (tertiary/aromatic N) is 2. The van der Waals surface area contributed by atoms with Gasteiger partial charge >= 0.3 is 0 Å². The first-order valence-electron chi connectivity index (χ1n) is 16.7. The van der Waals surface area contributed by atoms with Crippen molar-refractivity contribution in [1.29, 1.82) is 0 Å². The minimum absolute atomic E-state index is 0.882. The van der Waals surface area contributed by atoms with E-state index in [9.17, 15) is 0 Å². The Balaban J connectivity index is 1.03. The average molecular weight is 627 g/mol. The Morgan fingerprint density at radius 1 is 0.388 bits per heavy atom. The second-order valence-corrected chi connectivity index (χ2v) is 12.6. The van der Waals surface area contributed by atoms with Gasteiger partial charge in [0.2, 0.25) is 0 Å². The summed E-state index contributed by atoms with van der Waals surface area (Å²) in [6.45, 7) is 0. The first kappa shape index (κ1) is 27.5. The molecule has 0 unspecified atom stereocenters. The molecule has 0 aliphatic rings. The third-order valence-electron chi connectivity index (χ3n) is 9.78. The van der Waals surface area contributed by atoms with Crippen LogP contribution in [0.4, 0.5) is 17.1 Å². The Bertz CT molecular complexity index is 2810. The molecule has 0 spiro atoms. The van der Waals surface area contributed by atoms with Gasteiger partial charge < -0.3 is 13.9 Å². The van der Waals surface area contributed by atoms with Gasteiger partial charge in [-0.25, -0.2) is 0 Å². The van der Waals surface area contributed by atoms with E-state index >= 15 is 0 Å². The molecule has 10 aromatic rings. The number of benzene rings is 8. The van der Waals surface area contributed by atoms with Gasteiger partial charge in [-0.1, -0.05) is 115 Å². The van der Waals surface area contributed by atoms with Gasteiger partial charge in [-0.05, 0) is 77.2 Å². The molecule has 0 bridgehead atoms. The molecule has 3 nitrogen and oxygen atoms in total. The molecule has 8 aromatic carbocycles. The Morgan fingerprint density at radius 3 is 1.80 bits per heavy atom. The number of furan rings is 1. The van der Waals surface area contributed by atoms with E-state index in [1.54, 1.807) is 0 Å². The lowest BCUT2D eigenvalue weighted by Crippen LogP contribution is -2.09. The molecule has 0 atom stereocenters. The molecule has 0 saturated carbocycles. The topological polar surface area (TPSA) is 21.3 Å². The highest BCUT2D eigenvalue weighted by Gasteiger charge is 2.17. The molecule has 0 N–H and O–H groups in total. The van der Waals surface area contributed by atoms with E-state index in [4.69, 9.17) is 4.42 Å². The van der Waals surface area contributed by atoms with Gasteiger partial charge in [-0.2, -0.15) is 0 Å². The molecular weight excluding hydrogens is 597 g/mol. The van der Waals surface area contributed by atoms with Crippen molar-refractivity contribution in [2.75, 3.05) is 4.90 Å². The predicted octanol–water partition coefficient (Wildman–Crippen LogP) is 13.0. The van der Waals surface area contributed by atoms with Crippen LogP contribution < -0.4 is 4.90 Å². The summed E-state index contributed by atoms with van der Waals surface area (Å²) < 4.78 is 8.68. The predicted molar refractivity (Wildman–Crippen MR) is 206 cm³/mol. The summed E-state index contributed by atoms with van der Waals surface area (Å²) in [6, 6.07) is 64.9. The van der Waals surface area contributed by atoms with Gasteiger partial charge in [0.25, 0.3) is 0 Å². The SMILES string of the molecule is c1ccc(N(c2ccc(-c3ccc(-n4c5ccccc5c5ccc6ccccc6c54)cc3)cc2)c2ccc3c(c2)oc2ccccc23)cc1. The lowest BCUT2D eigenvalue weighted by Gasteiger charge is -2.25. The zero-order chi connectivity index (χ0) is 32.3. The highest BCUT2D eigenvalue weighted by Crippen LogP contribution is 2.40. The van der Waals surface area contributed by atoms with Gasteiger partial charge in [0, 0.05) is 55.7 Å². The normalized spacial score (nSPS) is 11.7. The molecule has 0 aliphatic heterocycles. The van der Waals surface area contributed by atoms with Gasteiger partial charge in [0.05, 0.1) is 11.0 Å². The van der Waals surface area contributed by atoms with E-state index in [1.807, 2.05) is 12.1 Å². The number of fused-ring (bicyclic) bond motifs is 8. The third-order valence-corrected chi connectivity index (χ3v) is 9.78. The van der Waals surface area contributed by atoms with Crippen LogP contribution in [0, 0.1) is 0 Å². The van der Waals surface area contributed by atoms with Crippen molar-refractivity contribution in [2.45, 2.75) is 0 Å². The number of hydrogen-bond donors (Lipinski definition) is 0. The molecule has 3 heteroatoms. The molecule has 2 heterocycles. The monoisotopic (exact) mass is 626 g/mol.